The smallest absolute Gasteiger partial charge is 0.159 e. The maximum Gasteiger partial charge on any atom is 0.159 e. The standard InChI is InChI=1S/C16H16O2/c1-11-4-6-15(7-5-11)18-16-9-12(2)8-14(10-16)13(3)17/h4-10H,1-3H3. The molecule has 0 heterocycles. The summed E-state index contributed by atoms with van der Waals surface area (Å²) in [6, 6.07) is 13.4. The molecular weight excluding hydrogens is 224 g/mol. The van der Waals surface area contributed by atoms with Crippen LogP contribution in [0.5, 0.6) is 11.5 Å². The number of hydrogen-bond donors (Lipinski definition) is 0. The fourth-order valence-corrected chi connectivity index (χ4v) is 1.75. The number of aryl methyl sites for hydroxylation is 2. The number of ether oxygens (including phenoxy) is 1. The van der Waals surface area contributed by atoms with Crippen molar-refractivity contribution in [1.82, 2.24) is 0 Å². The first kappa shape index (κ1) is 12.4. The van der Waals surface area contributed by atoms with Gasteiger partial charge in [0.25, 0.3) is 0 Å². The lowest BCUT2D eigenvalue weighted by atomic mass is 10.1. The maximum atomic E-state index is 11.4. The minimum absolute atomic E-state index is 0.0486. The van der Waals surface area contributed by atoms with Gasteiger partial charge in [-0.15, -0.1) is 0 Å². The molecular formula is C16H16O2. The van der Waals surface area contributed by atoms with Crippen molar-refractivity contribution in [3.63, 3.8) is 0 Å². The summed E-state index contributed by atoms with van der Waals surface area (Å²) >= 11 is 0. The molecule has 2 rings (SSSR count). The number of carbonyl (C=O) groups is 1. The van der Waals surface area contributed by atoms with E-state index in [0.717, 1.165) is 11.3 Å². The molecule has 2 heteroatoms. The van der Waals surface area contributed by atoms with Gasteiger partial charge in [-0.25, -0.2) is 0 Å². The van der Waals surface area contributed by atoms with Gasteiger partial charge in [0.15, 0.2) is 5.78 Å². The summed E-state index contributed by atoms with van der Waals surface area (Å²) in [5.41, 5.74) is 2.89. The molecule has 2 nitrogen and oxygen atoms in total. The maximum absolute atomic E-state index is 11.4. The topological polar surface area (TPSA) is 26.3 Å². The van der Waals surface area contributed by atoms with Gasteiger partial charge < -0.3 is 4.74 Å². The van der Waals surface area contributed by atoms with E-state index in [-0.39, 0.29) is 5.78 Å². The average Bonchev–Trinajstić information content (AvgIpc) is 2.31. The Hall–Kier alpha value is -2.09. The Bertz CT molecular complexity index is 568. The normalized spacial score (nSPS) is 10.2. The largest absolute Gasteiger partial charge is 0.457 e. The third-order valence-electron chi connectivity index (χ3n) is 2.71. The fraction of sp³-hybridized carbons (Fsp3) is 0.188. The number of rotatable bonds is 3. The van der Waals surface area contributed by atoms with E-state index in [2.05, 4.69) is 0 Å². The highest BCUT2D eigenvalue weighted by atomic mass is 16.5. The third kappa shape index (κ3) is 2.98. The molecule has 0 bridgehead atoms. The van der Waals surface area contributed by atoms with Gasteiger partial charge in [-0.2, -0.15) is 0 Å². The van der Waals surface area contributed by atoms with E-state index >= 15 is 0 Å². The quantitative estimate of drug-likeness (QED) is 0.748. The van der Waals surface area contributed by atoms with Crippen molar-refractivity contribution >= 4 is 5.78 Å². The molecule has 0 saturated heterocycles. The molecule has 0 aromatic heterocycles. The first-order chi connectivity index (χ1) is 8.54. The first-order valence-corrected chi connectivity index (χ1v) is 5.92. The molecule has 0 aliphatic heterocycles. The Morgan fingerprint density at radius 1 is 0.889 bits per heavy atom. The Balaban J connectivity index is 2.28. The number of ketones is 1. The SMILES string of the molecule is CC(=O)c1cc(C)cc(Oc2ccc(C)cc2)c1. The van der Waals surface area contributed by atoms with Crippen molar-refractivity contribution in [3.8, 4) is 11.5 Å². The molecule has 0 N–H and O–H groups in total. The summed E-state index contributed by atoms with van der Waals surface area (Å²) in [7, 11) is 0. The van der Waals surface area contributed by atoms with Gasteiger partial charge in [-0.05, 0) is 56.7 Å². The minimum Gasteiger partial charge on any atom is -0.457 e. The van der Waals surface area contributed by atoms with Crippen molar-refractivity contribution < 1.29 is 9.53 Å². The van der Waals surface area contributed by atoms with Gasteiger partial charge in [0, 0.05) is 5.56 Å². The van der Waals surface area contributed by atoms with E-state index < -0.39 is 0 Å². The highest BCUT2D eigenvalue weighted by Crippen LogP contribution is 2.24. The van der Waals surface area contributed by atoms with Gasteiger partial charge in [0.2, 0.25) is 0 Å². The van der Waals surface area contributed by atoms with E-state index in [0.29, 0.717) is 11.3 Å². The van der Waals surface area contributed by atoms with Crippen LogP contribution in [0.1, 0.15) is 28.4 Å². The molecule has 2 aromatic carbocycles. The van der Waals surface area contributed by atoms with E-state index in [1.165, 1.54) is 5.56 Å². The summed E-state index contributed by atoms with van der Waals surface area (Å²) in [5.74, 6) is 1.53. The summed E-state index contributed by atoms with van der Waals surface area (Å²) < 4.78 is 5.75. The minimum atomic E-state index is 0.0486. The summed E-state index contributed by atoms with van der Waals surface area (Å²) in [6.45, 7) is 5.54. The van der Waals surface area contributed by atoms with Crippen molar-refractivity contribution in [2.45, 2.75) is 20.8 Å². The predicted molar refractivity (Wildman–Crippen MR) is 72.4 cm³/mol. The third-order valence-corrected chi connectivity index (χ3v) is 2.71. The van der Waals surface area contributed by atoms with Crippen LogP contribution in [-0.2, 0) is 0 Å². The highest BCUT2D eigenvalue weighted by Gasteiger charge is 2.04. The van der Waals surface area contributed by atoms with Crippen molar-refractivity contribution in [2.24, 2.45) is 0 Å². The van der Waals surface area contributed by atoms with Gasteiger partial charge in [-0.1, -0.05) is 17.7 Å². The van der Waals surface area contributed by atoms with Gasteiger partial charge in [0.1, 0.15) is 11.5 Å². The Morgan fingerprint density at radius 2 is 1.56 bits per heavy atom. The molecule has 0 spiro atoms. The molecule has 0 unspecified atom stereocenters. The summed E-state index contributed by atoms with van der Waals surface area (Å²) in [6.07, 6.45) is 0. The predicted octanol–water partition coefficient (Wildman–Crippen LogP) is 4.30. The molecule has 0 amide bonds. The zero-order chi connectivity index (χ0) is 13.1. The zero-order valence-electron chi connectivity index (χ0n) is 10.9. The van der Waals surface area contributed by atoms with Gasteiger partial charge in [-0.3, -0.25) is 4.79 Å². The van der Waals surface area contributed by atoms with Crippen molar-refractivity contribution in [2.75, 3.05) is 0 Å². The van der Waals surface area contributed by atoms with Crippen LogP contribution in [0.3, 0.4) is 0 Å². The Morgan fingerprint density at radius 3 is 2.17 bits per heavy atom. The molecule has 2 aromatic rings. The molecule has 92 valence electrons. The summed E-state index contributed by atoms with van der Waals surface area (Å²) in [5, 5.41) is 0. The number of carbonyl (C=O) groups excluding carboxylic acids is 1. The van der Waals surface area contributed by atoms with Crippen LogP contribution in [0.2, 0.25) is 0 Å². The number of hydrogen-bond acceptors (Lipinski definition) is 2. The van der Waals surface area contributed by atoms with E-state index in [1.54, 1.807) is 13.0 Å². The van der Waals surface area contributed by atoms with Crippen LogP contribution in [-0.4, -0.2) is 5.78 Å². The second-order valence-electron chi connectivity index (χ2n) is 4.51. The number of Topliss-reactive ketones (excluding diaryl/α,β-unsaturated/α-hetero) is 1. The first-order valence-electron chi connectivity index (χ1n) is 5.92. The molecule has 0 fully saturated rings. The van der Waals surface area contributed by atoms with Crippen molar-refractivity contribution in [3.05, 3.63) is 59.2 Å². The molecule has 0 atom stereocenters. The van der Waals surface area contributed by atoms with E-state index in [4.69, 9.17) is 4.74 Å². The second-order valence-corrected chi connectivity index (χ2v) is 4.51. The Kier molecular flexibility index (Phi) is 3.47. The molecule has 0 radical (unpaired) electrons. The Labute approximate surface area is 107 Å². The average molecular weight is 240 g/mol. The van der Waals surface area contributed by atoms with Gasteiger partial charge >= 0.3 is 0 Å². The van der Waals surface area contributed by atoms with Crippen LogP contribution in [0.4, 0.5) is 0 Å². The number of benzene rings is 2. The molecule has 0 aliphatic carbocycles. The highest BCUT2D eigenvalue weighted by molar-refractivity contribution is 5.94. The zero-order valence-corrected chi connectivity index (χ0v) is 10.9. The second kappa shape index (κ2) is 5.05. The van der Waals surface area contributed by atoms with Gasteiger partial charge in [0.05, 0.1) is 0 Å². The van der Waals surface area contributed by atoms with Crippen LogP contribution in [0.15, 0.2) is 42.5 Å². The molecule has 0 saturated carbocycles. The van der Waals surface area contributed by atoms with Crippen LogP contribution >= 0.6 is 0 Å². The van der Waals surface area contributed by atoms with Crippen LogP contribution in [0.25, 0.3) is 0 Å². The van der Waals surface area contributed by atoms with Crippen molar-refractivity contribution in [1.29, 1.82) is 0 Å². The fourth-order valence-electron chi connectivity index (χ4n) is 1.75. The lowest BCUT2D eigenvalue weighted by molar-refractivity contribution is 0.101. The van der Waals surface area contributed by atoms with E-state index in [9.17, 15) is 4.79 Å². The van der Waals surface area contributed by atoms with Crippen LogP contribution in [0, 0.1) is 13.8 Å². The van der Waals surface area contributed by atoms with E-state index in [1.807, 2.05) is 50.2 Å². The lowest BCUT2D eigenvalue weighted by Gasteiger charge is -2.08. The monoisotopic (exact) mass is 240 g/mol. The molecule has 18 heavy (non-hydrogen) atoms. The molecule has 0 aliphatic rings. The van der Waals surface area contributed by atoms with Crippen LogP contribution < -0.4 is 4.74 Å². The summed E-state index contributed by atoms with van der Waals surface area (Å²) in [4.78, 5) is 11.4. The lowest BCUT2D eigenvalue weighted by Crippen LogP contribution is -1.94.